The van der Waals surface area contributed by atoms with Crippen molar-refractivity contribution in [3.63, 3.8) is 0 Å². The van der Waals surface area contributed by atoms with Gasteiger partial charge in [0.1, 0.15) is 5.82 Å². The van der Waals surface area contributed by atoms with Crippen LogP contribution in [0.15, 0.2) is 40.1 Å². The van der Waals surface area contributed by atoms with Crippen LogP contribution in [0.4, 0.5) is 0 Å². The van der Waals surface area contributed by atoms with E-state index in [0.717, 1.165) is 56.1 Å². The van der Waals surface area contributed by atoms with Crippen molar-refractivity contribution in [3.8, 4) is 0 Å². The summed E-state index contributed by atoms with van der Waals surface area (Å²) in [6, 6.07) is 9.66. The zero-order chi connectivity index (χ0) is 20.5. The maximum Gasteiger partial charge on any atom is 0.345 e. The summed E-state index contributed by atoms with van der Waals surface area (Å²) in [5, 5.41) is 21.2. The number of benzene rings is 1. The number of nitrogens with one attached hydrogen (secondary N) is 2. The molecule has 0 fully saturated rings. The number of aryl methyl sites for hydroxylation is 2. The van der Waals surface area contributed by atoms with Gasteiger partial charge in [-0.25, -0.2) is 9.48 Å². The average Bonchev–Trinajstić information content (AvgIpc) is 3.07. The Morgan fingerprint density at radius 1 is 1.28 bits per heavy atom. The van der Waals surface area contributed by atoms with E-state index in [4.69, 9.17) is 0 Å². The molecule has 1 atom stereocenters. The number of nitrogens with zero attached hydrogens (tertiary/aromatic N) is 4. The van der Waals surface area contributed by atoms with E-state index in [1.807, 2.05) is 37.3 Å². The lowest BCUT2D eigenvalue weighted by molar-refractivity contribution is 0.168. The highest BCUT2D eigenvalue weighted by molar-refractivity contribution is 5.79. The number of aliphatic imine (C=N–C) groups is 1. The van der Waals surface area contributed by atoms with Crippen molar-refractivity contribution in [1.82, 2.24) is 25.0 Å². The van der Waals surface area contributed by atoms with Crippen molar-refractivity contribution < 1.29 is 5.11 Å². The monoisotopic (exact) mass is 400 g/mol. The molecule has 1 aromatic heterocycles. The molecule has 29 heavy (non-hydrogen) atoms. The highest BCUT2D eigenvalue weighted by Crippen LogP contribution is 2.14. The summed E-state index contributed by atoms with van der Waals surface area (Å²) < 4.78 is 3.38. The Labute approximate surface area is 171 Å². The number of hydrogen-bond acceptors (Lipinski definition) is 4. The Bertz CT molecular complexity index is 843. The molecule has 0 saturated heterocycles. The first-order chi connectivity index (χ1) is 14.2. The first kappa shape index (κ1) is 21.1. The zero-order valence-corrected chi connectivity index (χ0v) is 17.2. The minimum absolute atomic E-state index is 0.00334. The molecular formula is C21H32N6O2. The summed E-state index contributed by atoms with van der Waals surface area (Å²) >= 11 is 0. The molecule has 2 heterocycles. The fourth-order valence-corrected chi connectivity index (χ4v) is 3.52. The zero-order valence-electron chi connectivity index (χ0n) is 17.2. The Morgan fingerprint density at radius 2 is 2.10 bits per heavy atom. The average molecular weight is 401 g/mol. The van der Waals surface area contributed by atoms with Crippen LogP contribution in [0.5, 0.6) is 0 Å². The minimum Gasteiger partial charge on any atom is -0.388 e. The lowest BCUT2D eigenvalue weighted by Crippen LogP contribution is -2.38. The summed E-state index contributed by atoms with van der Waals surface area (Å²) in [6.45, 7) is 5.37. The first-order valence-corrected chi connectivity index (χ1v) is 10.6. The predicted octanol–water partition coefficient (Wildman–Crippen LogP) is 1.45. The molecule has 8 nitrogen and oxygen atoms in total. The Hall–Kier alpha value is -2.61. The molecule has 2 aromatic rings. The normalized spacial score (nSPS) is 15.0. The van der Waals surface area contributed by atoms with Gasteiger partial charge in [0, 0.05) is 39.1 Å². The summed E-state index contributed by atoms with van der Waals surface area (Å²) in [7, 11) is 0. The molecule has 0 amide bonds. The summed E-state index contributed by atoms with van der Waals surface area (Å²) in [5.41, 5.74) is 0.924. The van der Waals surface area contributed by atoms with E-state index in [1.165, 1.54) is 0 Å². The number of fused-ring (bicyclic) bond motifs is 1. The number of guanidine groups is 1. The molecule has 0 radical (unpaired) electrons. The van der Waals surface area contributed by atoms with Crippen molar-refractivity contribution in [2.45, 2.75) is 58.2 Å². The van der Waals surface area contributed by atoms with Gasteiger partial charge in [0.25, 0.3) is 0 Å². The van der Waals surface area contributed by atoms with E-state index in [0.29, 0.717) is 26.1 Å². The van der Waals surface area contributed by atoms with Crippen LogP contribution < -0.4 is 16.3 Å². The molecule has 158 valence electrons. The van der Waals surface area contributed by atoms with Gasteiger partial charge >= 0.3 is 5.69 Å². The number of aliphatic hydroxyl groups is 1. The minimum atomic E-state index is -0.495. The maximum atomic E-state index is 12.3. The molecule has 0 saturated carbocycles. The standard InChI is InChI=1S/C21H32N6O2/c1-2-22-20(24-14-12-18(28)17-9-4-3-5-10-17)23-13-8-16-27-21(29)26-15-7-6-11-19(26)25-27/h3-5,9-10,18,28H,2,6-8,11-16H2,1H3,(H2,22,23,24). The SMILES string of the molecule is CCNC(=NCCCn1nc2n(c1=O)CCCC2)NCCC(O)c1ccccc1. The van der Waals surface area contributed by atoms with E-state index >= 15 is 0 Å². The first-order valence-electron chi connectivity index (χ1n) is 10.6. The smallest absolute Gasteiger partial charge is 0.345 e. The van der Waals surface area contributed by atoms with Gasteiger partial charge in [0.15, 0.2) is 5.96 Å². The third-order valence-corrected chi connectivity index (χ3v) is 5.07. The second-order valence-electron chi connectivity index (χ2n) is 7.29. The highest BCUT2D eigenvalue weighted by Gasteiger charge is 2.16. The number of aromatic nitrogens is 3. The molecule has 3 rings (SSSR count). The van der Waals surface area contributed by atoms with Gasteiger partial charge in [0.2, 0.25) is 0 Å². The van der Waals surface area contributed by atoms with Gasteiger partial charge in [-0.3, -0.25) is 9.56 Å². The third-order valence-electron chi connectivity index (χ3n) is 5.07. The van der Waals surface area contributed by atoms with Crippen LogP contribution >= 0.6 is 0 Å². The molecule has 1 aromatic carbocycles. The molecule has 1 aliphatic rings. The quantitative estimate of drug-likeness (QED) is 0.336. The number of aliphatic hydroxyl groups excluding tert-OH is 1. The van der Waals surface area contributed by atoms with Gasteiger partial charge in [-0.2, -0.15) is 5.10 Å². The van der Waals surface area contributed by atoms with Gasteiger partial charge in [0.05, 0.1) is 6.10 Å². The number of hydrogen-bond donors (Lipinski definition) is 3. The van der Waals surface area contributed by atoms with Crippen LogP contribution in [0.2, 0.25) is 0 Å². The Morgan fingerprint density at radius 3 is 2.86 bits per heavy atom. The third kappa shape index (κ3) is 5.93. The van der Waals surface area contributed by atoms with E-state index in [-0.39, 0.29) is 5.69 Å². The van der Waals surface area contributed by atoms with Crippen LogP contribution in [-0.4, -0.2) is 45.0 Å². The van der Waals surface area contributed by atoms with Crippen molar-refractivity contribution >= 4 is 5.96 Å². The van der Waals surface area contributed by atoms with Crippen molar-refractivity contribution in [1.29, 1.82) is 0 Å². The molecule has 1 unspecified atom stereocenters. The van der Waals surface area contributed by atoms with Crippen LogP contribution in [0.1, 0.15) is 50.1 Å². The Kier molecular flexibility index (Phi) is 7.86. The van der Waals surface area contributed by atoms with Crippen LogP contribution in [-0.2, 0) is 19.5 Å². The highest BCUT2D eigenvalue weighted by atomic mass is 16.3. The molecule has 0 aliphatic carbocycles. The molecular weight excluding hydrogens is 368 g/mol. The van der Waals surface area contributed by atoms with Crippen molar-refractivity contribution in [2.24, 2.45) is 4.99 Å². The maximum absolute atomic E-state index is 12.3. The lowest BCUT2D eigenvalue weighted by atomic mass is 10.1. The molecule has 8 heteroatoms. The van der Waals surface area contributed by atoms with Gasteiger partial charge < -0.3 is 15.7 Å². The fraction of sp³-hybridized carbons (Fsp3) is 0.571. The van der Waals surface area contributed by atoms with Gasteiger partial charge in [-0.1, -0.05) is 30.3 Å². The van der Waals surface area contributed by atoms with Gasteiger partial charge in [-0.15, -0.1) is 0 Å². The second kappa shape index (κ2) is 10.8. The largest absolute Gasteiger partial charge is 0.388 e. The van der Waals surface area contributed by atoms with Gasteiger partial charge in [-0.05, 0) is 38.2 Å². The molecule has 3 N–H and O–H groups in total. The van der Waals surface area contributed by atoms with E-state index in [2.05, 4.69) is 20.7 Å². The molecule has 1 aliphatic heterocycles. The summed E-state index contributed by atoms with van der Waals surface area (Å²) in [5.74, 6) is 1.64. The second-order valence-corrected chi connectivity index (χ2v) is 7.29. The van der Waals surface area contributed by atoms with Crippen LogP contribution in [0.25, 0.3) is 0 Å². The van der Waals surface area contributed by atoms with Crippen molar-refractivity contribution in [3.05, 3.63) is 52.2 Å². The predicted molar refractivity (Wildman–Crippen MR) is 114 cm³/mol. The fourth-order valence-electron chi connectivity index (χ4n) is 3.52. The Balaban J connectivity index is 1.44. The summed E-state index contributed by atoms with van der Waals surface area (Å²) in [6.07, 6.45) is 3.91. The number of rotatable bonds is 9. The van der Waals surface area contributed by atoms with Crippen molar-refractivity contribution in [2.75, 3.05) is 19.6 Å². The van der Waals surface area contributed by atoms with E-state index in [1.54, 1.807) is 9.25 Å². The van der Waals surface area contributed by atoms with Crippen LogP contribution in [0.3, 0.4) is 0 Å². The van der Waals surface area contributed by atoms with E-state index in [9.17, 15) is 9.90 Å². The molecule has 0 bridgehead atoms. The lowest BCUT2D eigenvalue weighted by Gasteiger charge is -2.14. The van der Waals surface area contributed by atoms with Crippen LogP contribution in [0, 0.1) is 0 Å². The molecule has 0 spiro atoms. The van der Waals surface area contributed by atoms with E-state index < -0.39 is 6.10 Å². The topological polar surface area (TPSA) is 96.5 Å². The summed E-state index contributed by atoms with van der Waals surface area (Å²) in [4.78, 5) is 16.9.